The summed E-state index contributed by atoms with van der Waals surface area (Å²) in [6, 6.07) is 18.0. The third kappa shape index (κ3) is 6.83. The second-order valence-corrected chi connectivity index (χ2v) is 9.37. The summed E-state index contributed by atoms with van der Waals surface area (Å²) in [5.74, 6) is 0.172. The summed E-state index contributed by atoms with van der Waals surface area (Å²) >= 11 is 0. The van der Waals surface area contributed by atoms with Crippen molar-refractivity contribution in [3.8, 4) is 11.5 Å². The lowest BCUT2D eigenvalue weighted by atomic mass is 10.0. The molecule has 0 aliphatic carbocycles. The van der Waals surface area contributed by atoms with Crippen LogP contribution >= 0.6 is 0 Å². The number of hydrogen-bond acceptors (Lipinski definition) is 6. The van der Waals surface area contributed by atoms with E-state index in [4.69, 9.17) is 9.47 Å². The number of nitrogens with one attached hydrogen (secondary N) is 2. The van der Waals surface area contributed by atoms with E-state index in [0.29, 0.717) is 17.0 Å². The molecule has 0 unspecified atom stereocenters. The SMILES string of the molecule is CCc1ccc(C(=O)CCC(=O)Nc2ccc(OC)c(S(=O)(=O)Nc3ccc(OC)cc3)c2)cc1. The Labute approximate surface area is 205 Å². The van der Waals surface area contributed by atoms with E-state index in [9.17, 15) is 18.0 Å². The fourth-order valence-corrected chi connectivity index (χ4v) is 4.61. The lowest BCUT2D eigenvalue weighted by Gasteiger charge is -2.14. The van der Waals surface area contributed by atoms with Gasteiger partial charge in [0.05, 0.1) is 14.2 Å². The standard InChI is InChI=1S/C26H28N2O6S/c1-4-18-5-7-19(8-6-18)23(29)14-16-26(30)27-21-11-15-24(34-3)25(17-21)35(31,32)28-20-9-12-22(33-2)13-10-20/h5-13,15,17,28H,4,14,16H2,1-3H3,(H,27,30). The van der Waals surface area contributed by atoms with Gasteiger partial charge in [-0.05, 0) is 54.4 Å². The van der Waals surface area contributed by atoms with Gasteiger partial charge in [-0.15, -0.1) is 0 Å². The van der Waals surface area contributed by atoms with Gasteiger partial charge < -0.3 is 14.8 Å². The van der Waals surface area contributed by atoms with Crippen LogP contribution in [0, 0.1) is 0 Å². The van der Waals surface area contributed by atoms with E-state index in [1.165, 1.54) is 32.4 Å². The van der Waals surface area contributed by atoms with E-state index in [1.54, 1.807) is 36.4 Å². The van der Waals surface area contributed by atoms with Gasteiger partial charge in [-0.3, -0.25) is 14.3 Å². The van der Waals surface area contributed by atoms with Gasteiger partial charge in [-0.2, -0.15) is 0 Å². The van der Waals surface area contributed by atoms with Gasteiger partial charge in [0.15, 0.2) is 5.78 Å². The van der Waals surface area contributed by atoms with Crippen molar-refractivity contribution in [2.45, 2.75) is 31.1 Å². The van der Waals surface area contributed by atoms with Crippen LogP contribution < -0.4 is 19.5 Å². The first-order valence-corrected chi connectivity index (χ1v) is 12.5. The summed E-state index contributed by atoms with van der Waals surface area (Å²) in [6.07, 6.45) is 0.885. The summed E-state index contributed by atoms with van der Waals surface area (Å²) in [4.78, 5) is 24.7. The van der Waals surface area contributed by atoms with Crippen molar-refractivity contribution in [3.05, 3.63) is 77.9 Å². The third-order valence-corrected chi connectivity index (χ3v) is 6.74. The molecule has 0 aliphatic heterocycles. The molecule has 9 heteroatoms. The van der Waals surface area contributed by atoms with Crippen molar-refractivity contribution in [2.24, 2.45) is 0 Å². The Balaban J connectivity index is 1.68. The van der Waals surface area contributed by atoms with Gasteiger partial charge in [0, 0.05) is 29.8 Å². The molecule has 1 amide bonds. The first-order valence-electron chi connectivity index (χ1n) is 11.0. The molecule has 0 heterocycles. The van der Waals surface area contributed by atoms with E-state index >= 15 is 0 Å². The number of rotatable bonds is 11. The normalized spacial score (nSPS) is 10.9. The van der Waals surface area contributed by atoms with Crippen LogP contribution in [0.2, 0.25) is 0 Å². The Hall–Kier alpha value is -3.85. The Morgan fingerprint density at radius 3 is 2.09 bits per heavy atom. The number of aryl methyl sites for hydroxylation is 1. The summed E-state index contributed by atoms with van der Waals surface area (Å²) in [7, 11) is -1.15. The van der Waals surface area contributed by atoms with Crippen LogP contribution in [0.15, 0.2) is 71.6 Å². The number of ether oxygens (including phenoxy) is 2. The molecule has 8 nitrogen and oxygen atoms in total. The molecule has 3 aromatic carbocycles. The highest BCUT2D eigenvalue weighted by Gasteiger charge is 2.21. The molecule has 0 fully saturated rings. The van der Waals surface area contributed by atoms with Crippen molar-refractivity contribution < 1.29 is 27.5 Å². The quantitative estimate of drug-likeness (QED) is 0.373. The lowest BCUT2D eigenvalue weighted by Crippen LogP contribution is -2.16. The molecule has 0 aromatic heterocycles. The predicted molar refractivity (Wildman–Crippen MR) is 135 cm³/mol. The molecule has 0 spiro atoms. The van der Waals surface area contributed by atoms with Crippen molar-refractivity contribution in [1.82, 2.24) is 0 Å². The molecule has 184 valence electrons. The minimum atomic E-state index is -4.02. The molecule has 0 saturated heterocycles. The highest BCUT2D eigenvalue weighted by Crippen LogP contribution is 2.29. The molecule has 0 atom stereocenters. The van der Waals surface area contributed by atoms with E-state index in [1.807, 2.05) is 19.1 Å². The Kier molecular flexibility index (Phi) is 8.48. The first kappa shape index (κ1) is 25.8. The third-order valence-electron chi connectivity index (χ3n) is 5.34. The van der Waals surface area contributed by atoms with Gasteiger partial charge in [-0.1, -0.05) is 31.2 Å². The zero-order valence-corrected chi connectivity index (χ0v) is 20.6. The molecule has 0 aliphatic rings. The van der Waals surface area contributed by atoms with E-state index in [-0.39, 0.29) is 35.0 Å². The minimum absolute atomic E-state index is 0.0351. The van der Waals surface area contributed by atoms with Crippen LogP contribution in [0.5, 0.6) is 11.5 Å². The van der Waals surface area contributed by atoms with Crippen LogP contribution in [0.1, 0.15) is 35.7 Å². The highest BCUT2D eigenvalue weighted by atomic mass is 32.2. The van der Waals surface area contributed by atoms with Crippen LogP contribution in [0.25, 0.3) is 0 Å². The van der Waals surface area contributed by atoms with Gasteiger partial charge in [0.2, 0.25) is 5.91 Å². The van der Waals surface area contributed by atoms with Crippen molar-refractivity contribution in [2.75, 3.05) is 24.3 Å². The number of carbonyl (C=O) groups excluding carboxylic acids is 2. The minimum Gasteiger partial charge on any atom is -0.497 e. The smallest absolute Gasteiger partial charge is 0.265 e. The van der Waals surface area contributed by atoms with E-state index in [0.717, 1.165) is 12.0 Å². The van der Waals surface area contributed by atoms with Gasteiger partial charge in [0.25, 0.3) is 10.0 Å². The van der Waals surface area contributed by atoms with E-state index in [2.05, 4.69) is 10.0 Å². The topological polar surface area (TPSA) is 111 Å². The molecule has 35 heavy (non-hydrogen) atoms. The van der Waals surface area contributed by atoms with Crippen molar-refractivity contribution in [1.29, 1.82) is 0 Å². The predicted octanol–water partition coefficient (Wildman–Crippen LogP) is 4.67. The summed E-state index contributed by atoms with van der Waals surface area (Å²) in [5, 5.41) is 2.65. The number of methoxy groups -OCH3 is 2. The number of ketones is 1. The molecule has 0 radical (unpaired) electrons. The number of sulfonamides is 1. The molecular weight excluding hydrogens is 468 g/mol. The lowest BCUT2D eigenvalue weighted by molar-refractivity contribution is -0.116. The molecule has 2 N–H and O–H groups in total. The number of amides is 1. The van der Waals surface area contributed by atoms with Gasteiger partial charge >= 0.3 is 0 Å². The van der Waals surface area contributed by atoms with Crippen LogP contribution in [0.4, 0.5) is 11.4 Å². The van der Waals surface area contributed by atoms with E-state index < -0.39 is 15.9 Å². The number of Topliss-reactive ketones (excluding diaryl/α,β-unsaturated/α-hetero) is 1. The van der Waals surface area contributed by atoms with Crippen LogP contribution in [-0.4, -0.2) is 34.3 Å². The van der Waals surface area contributed by atoms with Crippen LogP contribution in [-0.2, 0) is 21.2 Å². The fraction of sp³-hybridized carbons (Fsp3) is 0.231. The zero-order valence-electron chi connectivity index (χ0n) is 19.8. The van der Waals surface area contributed by atoms with Crippen LogP contribution in [0.3, 0.4) is 0 Å². The maximum Gasteiger partial charge on any atom is 0.265 e. The Bertz CT molecular complexity index is 1290. The zero-order chi connectivity index (χ0) is 25.4. The number of hydrogen-bond donors (Lipinski definition) is 2. The molecular formula is C26H28N2O6S. The van der Waals surface area contributed by atoms with Gasteiger partial charge in [-0.25, -0.2) is 8.42 Å². The van der Waals surface area contributed by atoms with Crippen molar-refractivity contribution in [3.63, 3.8) is 0 Å². The number of carbonyl (C=O) groups is 2. The summed E-state index contributed by atoms with van der Waals surface area (Å²) in [6.45, 7) is 2.03. The maximum atomic E-state index is 13.0. The summed E-state index contributed by atoms with van der Waals surface area (Å²) < 4.78 is 38.8. The maximum absolute atomic E-state index is 13.0. The monoisotopic (exact) mass is 496 g/mol. The molecule has 0 bridgehead atoms. The second-order valence-electron chi connectivity index (χ2n) is 7.72. The fourth-order valence-electron chi connectivity index (χ4n) is 3.35. The number of anilines is 2. The Morgan fingerprint density at radius 1 is 0.829 bits per heavy atom. The molecule has 3 aromatic rings. The average molecular weight is 497 g/mol. The molecule has 0 saturated carbocycles. The largest absolute Gasteiger partial charge is 0.497 e. The van der Waals surface area contributed by atoms with Crippen molar-refractivity contribution >= 4 is 33.1 Å². The second kappa shape index (κ2) is 11.5. The average Bonchev–Trinajstić information content (AvgIpc) is 2.87. The van der Waals surface area contributed by atoms with Gasteiger partial charge in [0.1, 0.15) is 16.4 Å². The first-order chi connectivity index (χ1) is 16.7. The Morgan fingerprint density at radius 2 is 1.49 bits per heavy atom. The number of benzene rings is 3. The summed E-state index contributed by atoms with van der Waals surface area (Å²) in [5.41, 5.74) is 2.29. The molecule has 3 rings (SSSR count). The highest BCUT2D eigenvalue weighted by molar-refractivity contribution is 7.92.